The van der Waals surface area contributed by atoms with Gasteiger partial charge in [-0.3, -0.25) is 4.68 Å². The lowest BCUT2D eigenvalue weighted by molar-refractivity contribution is 0.316. The second-order valence-electron chi connectivity index (χ2n) is 3.04. The topological polar surface area (TPSA) is 76.4 Å². The van der Waals surface area contributed by atoms with Crippen molar-refractivity contribution < 1.29 is 5.21 Å². The summed E-state index contributed by atoms with van der Waals surface area (Å²) in [5, 5.41) is 15.5. The van der Waals surface area contributed by atoms with Gasteiger partial charge in [-0.1, -0.05) is 5.16 Å². The minimum Gasteiger partial charge on any atom is -0.409 e. The number of hydrogen-bond acceptors (Lipinski definition) is 3. The van der Waals surface area contributed by atoms with Gasteiger partial charge in [0.1, 0.15) is 6.54 Å². The van der Waals surface area contributed by atoms with E-state index < -0.39 is 0 Å². The van der Waals surface area contributed by atoms with Gasteiger partial charge >= 0.3 is 0 Å². The van der Waals surface area contributed by atoms with Gasteiger partial charge in [0.2, 0.25) is 0 Å². The van der Waals surface area contributed by atoms with Crippen LogP contribution in [0.4, 0.5) is 0 Å². The van der Waals surface area contributed by atoms with Crippen molar-refractivity contribution >= 4 is 5.84 Å². The van der Waals surface area contributed by atoms with Gasteiger partial charge in [0.05, 0.1) is 5.69 Å². The average molecular weight is 182 g/mol. The number of nitrogens with two attached hydrogens (primary N) is 1. The van der Waals surface area contributed by atoms with E-state index in [1.807, 2.05) is 20.8 Å². The summed E-state index contributed by atoms with van der Waals surface area (Å²) in [6.45, 7) is 6.22. The zero-order valence-electron chi connectivity index (χ0n) is 8.07. The minimum absolute atomic E-state index is 0.158. The summed E-state index contributed by atoms with van der Waals surface area (Å²) in [7, 11) is 0. The monoisotopic (exact) mass is 182 g/mol. The number of rotatable bonds is 2. The molecule has 0 aliphatic rings. The Morgan fingerprint density at radius 1 is 1.54 bits per heavy atom. The van der Waals surface area contributed by atoms with Crippen molar-refractivity contribution in [3.63, 3.8) is 0 Å². The molecule has 0 aromatic carbocycles. The molecule has 0 aliphatic heterocycles. The molecule has 0 saturated carbocycles. The van der Waals surface area contributed by atoms with Crippen molar-refractivity contribution in [3.8, 4) is 0 Å². The fourth-order valence-electron chi connectivity index (χ4n) is 1.13. The normalized spacial score (nSPS) is 12.1. The van der Waals surface area contributed by atoms with Crippen LogP contribution in [0.25, 0.3) is 0 Å². The first kappa shape index (κ1) is 9.57. The Morgan fingerprint density at radius 3 is 2.54 bits per heavy atom. The van der Waals surface area contributed by atoms with Gasteiger partial charge in [-0.25, -0.2) is 0 Å². The van der Waals surface area contributed by atoms with Crippen molar-refractivity contribution in [2.24, 2.45) is 10.9 Å². The molecule has 0 spiro atoms. The van der Waals surface area contributed by atoms with Crippen molar-refractivity contribution in [2.75, 3.05) is 0 Å². The molecule has 1 rings (SSSR count). The highest BCUT2D eigenvalue weighted by Gasteiger charge is 2.07. The summed E-state index contributed by atoms with van der Waals surface area (Å²) in [6, 6.07) is 0. The third kappa shape index (κ3) is 1.80. The van der Waals surface area contributed by atoms with E-state index in [1.54, 1.807) is 4.68 Å². The highest BCUT2D eigenvalue weighted by molar-refractivity contribution is 5.79. The van der Waals surface area contributed by atoms with Crippen LogP contribution in [0.1, 0.15) is 17.0 Å². The largest absolute Gasteiger partial charge is 0.409 e. The maximum absolute atomic E-state index is 8.38. The fraction of sp³-hybridized carbons (Fsp3) is 0.500. The van der Waals surface area contributed by atoms with E-state index in [-0.39, 0.29) is 5.84 Å². The molecule has 0 saturated heterocycles. The molecular weight excluding hydrogens is 168 g/mol. The maximum atomic E-state index is 8.38. The molecule has 1 aromatic rings. The fourth-order valence-corrected chi connectivity index (χ4v) is 1.13. The molecule has 5 nitrogen and oxygen atoms in total. The molecule has 0 fully saturated rings. The number of hydrogen-bond donors (Lipinski definition) is 2. The molecule has 0 bridgehead atoms. The number of aryl methyl sites for hydroxylation is 1. The SMILES string of the molecule is Cc1nn(C/C(N)=N/O)c(C)c1C. The average Bonchev–Trinajstić information content (AvgIpc) is 2.34. The molecule has 0 unspecified atom stereocenters. The van der Waals surface area contributed by atoms with E-state index in [0.29, 0.717) is 6.54 Å². The zero-order valence-corrected chi connectivity index (χ0v) is 8.07. The van der Waals surface area contributed by atoms with Gasteiger partial charge < -0.3 is 10.9 Å². The van der Waals surface area contributed by atoms with Crippen molar-refractivity contribution in [3.05, 3.63) is 17.0 Å². The first-order valence-corrected chi connectivity index (χ1v) is 4.03. The summed E-state index contributed by atoms with van der Waals surface area (Å²) in [5.41, 5.74) is 8.54. The van der Waals surface area contributed by atoms with Gasteiger partial charge in [0.15, 0.2) is 5.84 Å². The van der Waals surface area contributed by atoms with Gasteiger partial charge in [-0.15, -0.1) is 0 Å². The van der Waals surface area contributed by atoms with Crippen LogP contribution in [0.15, 0.2) is 5.16 Å². The number of aromatic nitrogens is 2. The van der Waals surface area contributed by atoms with E-state index in [9.17, 15) is 0 Å². The summed E-state index contributed by atoms with van der Waals surface area (Å²) in [5.74, 6) is 0.158. The van der Waals surface area contributed by atoms with Crippen molar-refractivity contribution in [1.82, 2.24) is 9.78 Å². The Morgan fingerprint density at radius 2 is 2.15 bits per heavy atom. The van der Waals surface area contributed by atoms with Gasteiger partial charge in [-0.2, -0.15) is 5.10 Å². The Labute approximate surface area is 76.8 Å². The van der Waals surface area contributed by atoms with Crippen LogP contribution in [0.2, 0.25) is 0 Å². The highest BCUT2D eigenvalue weighted by atomic mass is 16.4. The lowest BCUT2D eigenvalue weighted by atomic mass is 10.2. The molecule has 1 aromatic heterocycles. The van der Waals surface area contributed by atoms with Crippen LogP contribution in [0, 0.1) is 20.8 Å². The first-order chi connectivity index (χ1) is 6.06. The molecule has 72 valence electrons. The quantitative estimate of drug-likeness (QED) is 0.303. The van der Waals surface area contributed by atoms with E-state index >= 15 is 0 Å². The lowest BCUT2D eigenvalue weighted by Crippen LogP contribution is -2.21. The van der Waals surface area contributed by atoms with Gasteiger partial charge in [0.25, 0.3) is 0 Å². The summed E-state index contributed by atoms with van der Waals surface area (Å²) < 4.78 is 1.72. The molecule has 3 N–H and O–H groups in total. The van der Waals surface area contributed by atoms with Gasteiger partial charge in [-0.05, 0) is 26.3 Å². The lowest BCUT2D eigenvalue weighted by Gasteiger charge is -2.01. The molecule has 13 heavy (non-hydrogen) atoms. The summed E-state index contributed by atoms with van der Waals surface area (Å²) >= 11 is 0. The third-order valence-electron chi connectivity index (χ3n) is 2.18. The maximum Gasteiger partial charge on any atom is 0.160 e. The molecule has 0 atom stereocenters. The Balaban J connectivity index is 2.96. The zero-order chi connectivity index (χ0) is 10.0. The smallest absolute Gasteiger partial charge is 0.160 e. The van der Waals surface area contributed by atoms with Crippen LogP contribution < -0.4 is 5.73 Å². The van der Waals surface area contributed by atoms with E-state index in [4.69, 9.17) is 10.9 Å². The second kappa shape index (κ2) is 3.47. The number of amidine groups is 1. The molecule has 5 heteroatoms. The van der Waals surface area contributed by atoms with Crippen LogP contribution in [0.5, 0.6) is 0 Å². The first-order valence-electron chi connectivity index (χ1n) is 4.03. The van der Waals surface area contributed by atoms with Crippen LogP contribution in [-0.4, -0.2) is 20.8 Å². The van der Waals surface area contributed by atoms with Crippen molar-refractivity contribution in [2.45, 2.75) is 27.3 Å². The van der Waals surface area contributed by atoms with Crippen LogP contribution in [0.3, 0.4) is 0 Å². The van der Waals surface area contributed by atoms with E-state index in [2.05, 4.69) is 10.3 Å². The standard InChI is InChI=1S/C8H14N4O/c1-5-6(2)10-12(7(5)3)4-8(9)11-13/h13H,4H2,1-3H3,(H2,9,11). The number of oxime groups is 1. The summed E-state index contributed by atoms with van der Waals surface area (Å²) in [4.78, 5) is 0. The molecule has 0 radical (unpaired) electrons. The molecular formula is C8H14N4O. The third-order valence-corrected chi connectivity index (χ3v) is 2.18. The number of nitrogens with zero attached hydrogens (tertiary/aromatic N) is 3. The predicted octanol–water partition coefficient (Wildman–Crippen LogP) is 0.555. The van der Waals surface area contributed by atoms with Gasteiger partial charge in [0, 0.05) is 5.69 Å². The molecule has 0 aliphatic carbocycles. The highest BCUT2D eigenvalue weighted by Crippen LogP contribution is 2.10. The van der Waals surface area contributed by atoms with E-state index in [1.165, 1.54) is 0 Å². The van der Waals surface area contributed by atoms with E-state index in [0.717, 1.165) is 17.0 Å². The summed E-state index contributed by atoms with van der Waals surface area (Å²) in [6.07, 6.45) is 0. The molecule has 0 amide bonds. The van der Waals surface area contributed by atoms with Crippen LogP contribution in [-0.2, 0) is 6.54 Å². The Bertz CT molecular complexity index is 340. The Hall–Kier alpha value is -1.52. The predicted molar refractivity (Wildman–Crippen MR) is 49.8 cm³/mol. The van der Waals surface area contributed by atoms with Crippen LogP contribution >= 0.6 is 0 Å². The molecule has 1 heterocycles. The minimum atomic E-state index is 0.158. The Kier molecular flexibility index (Phi) is 2.55. The second-order valence-corrected chi connectivity index (χ2v) is 3.04. The van der Waals surface area contributed by atoms with Crippen molar-refractivity contribution in [1.29, 1.82) is 0 Å².